The molecule has 302 valence electrons. The predicted octanol–water partition coefficient (Wildman–Crippen LogP) is 14.1. The highest BCUT2D eigenvalue weighted by Gasteiger charge is 2.19. The van der Waals surface area contributed by atoms with Crippen LogP contribution in [-0.4, -0.2) is 37.2 Å². The van der Waals surface area contributed by atoms with Gasteiger partial charge in [0.1, 0.15) is 13.2 Å². The lowest BCUT2D eigenvalue weighted by molar-refractivity contribution is -0.167. The normalized spacial score (nSPS) is 11.8. The highest BCUT2D eigenvalue weighted by atomic mass is 16.6. The largest absolute Gasteiger partial charge is 0.462 e. The average molecular weight is 723 g/mol. The van der Waals surface area contributed by atoms with E-state index >= 15 is 0 Å². The maximum atomic E-state index is 12.5. The fourth-order valence-corrected chi connectivity index (χ4v) is 6.68. The second kappa shape index (κ2) is 41.2. The molecule has 0 amide bonds. The maximum Gasteiger partial charge on any atom is 0.306 e. The molecule has 0 spiro atoms. The number of unbranched alkanes of at least 4 members (excludes halogenated alkanes) is 30. The standard InChI is InChI=1S/C45H86O6/c1-4-7-10-13-15-17-19-20-21-22-23-24-26-28-30-33-35-38-44(47)50-41-42(51-45(48)39-36-31-12-9-6-3)40-49-43(46)37-34-32-29-27-25-18-16-14-11-8-5-2/h42H,4-41H2,1-3H3/t42-/m0/s1. The summed E-state index contributed by atoms with van der Waals surface area (Å²) in [5.74, 6) is -0.868. The number of hydrogen-bond acceptors (Lipinski definition) is 6. The molecule has 0 aliphatic carbocycles. The molecule has 0 fully saturated rings. The molecule has 51 heavy (non-hydrogen) atoms. The number of esters is 3. The first-order valence-corrected chi connectivity index (χ1v) is 22.5. The van der Waals surface area contributed by atoms with Crippen LogP contribution in [0.2, 0.25) is 0 Å². The van der Waals surface area contributed by atoms with E-state index in [4.69, 9.17) is 14.2 Å². The van der Waals surface area contributed by atoms with E-state index in [0.717, 1.165) is 64.2 Å². The van der Waals surface area contributed by atoms with Crippen molar-refractivity contribution in [3.63, 3.8) is 0 Å². The molecule has 6 nitrogen and oxygen atoms in total. The van der Waals surface area contributed by atoms with Crippen molar-refractivity contribution in [1.29, 1.82) is 0 Å². The summed E-state index contributed by atoms with van der Waals surface area (Å²) in [6.07, 6.45) is 41.2. The van der Waals surface area contributed by atoms with Gasteiger partial charge in [0, 0.05) is 19.3 Å². The van der Waals surface area contributed by atoms with Crippen LogP contribution < -0.4 is 0 Å². The van der Waals surface area contributed by atoms with Crippen LogP contribution in [0.25, 0.3) is 0 Å². The van der Waals surface area contributed by atoms with Gasteiger partial charge in [-0.2, -0.15) is 0 Å². The van der Waals surface area contributed by atoms with Gasteiger partial charge in [-0.1, -0.05) is 213 Å². The highest BCUT2D eigenvalue weighted by molar-refractivity contribution is 5.71. The highest BCUT2D eigenvalue weighted by Crippen LogP contribution is 2.16. The van der Waals surface area contributed by atoms with Crippen LogP contribution in [0.4, 0.5) is 0 Å². The minimum absolute atomic E-state index is 0.0644. The molecule has 0 radical (unpaired) electrons. The second-order valence-corrected chi connectivity index (χ2v) is 15.3. The van der Waals surface area contributed by atoms with Crippen molar-refractivity contribution in [3.05, 3.63) is 0 Å². The Morgan fingerprint density at radius 2 is 0.529 bits per heavy atom. The molecule has 0 aliphatic rings. The van der Waals surface area contributed by atoms with E-state index < -0.39 is 6.10 Å². The molecule has 0 rings (SSSR count). The fraction of sp³-hybridized carbons (Fsp3) is 0.933. The first-order valence-electron chi connectivity index (χ1n) is 22.5. The summed E-state index contributed by atoms with van der Waals surface area (Å²) >= 11 is 0. The van der Waals surface area contributed by atoms with E-state index in [1.165, 1.54) is 148 Å². The Balaban J connectivity index is 4.10. The minimum Gasteiger partial charge on any atom is -0.462 e. The van der Waals surface area contributed by atoms with Crippen molar-refractivity contribution in [1.82, 2.24) is 0 Å². The maximum absolute atomic E-state index is 12.5. The third kappa shape index (κ3) is 39.5. The number of rotatable bonds is 41. The van der Waals surface area contributed by atoms with Crippen molar-refractivity contribution in [3.8, 4) is 0 Å². The molecule has 0 aliphatic heterocycles. The molecule has 0 N–H and O–H groups in total. The van der Waals surface area contributed by atoms with Crippen molar-refractivity contribution >= 4 is 17.9 Å². The Kier molecular flexibility index (Phi) is 39.9. The lowest BCUT2D eigenvalue weighted by Gasteiger charge is -2.18. The van der Waals surface area contributed by atoms with Crippen LogP contribution in [0.15, 0.2) is 0 Å². The Morgan fingerprint density at radius 3 is 0.784 bits per heavy atom. The van der Waals surface area contributed by atoms with Crippen LogP contribution in [0.1, 0.15) is 252 Å². The van der Waals surface area contributed by atoms with Crippen molar-refractivity contribution in [2.45, 2.75) is 258 Å². The van der Waals surface area contributed by atoms with Gasteiger partial charge in [-0.3, -0.25) is 14.4 Å². The number of carbonyl (C=O) groups excluding carboxylic acids is 3. The van der Waals surface area contributed by atoms with Gasteiger partial charge in [-0.15, -0.1) is 0 Å². The number of carbonyl (C=O) groups is 3. The third-order valence-corrected chi connectivity index (χ3v) is 10.1. The molecule has 0 saturated carbocycles. The molecule has 0 saturated heterocycles. The fourth-order valence-electron chi connectivity index (χ4n) is 6.68. The molecule has 0 bridgehead atoms. The summed E-state index contributed by atoms with van der Waals surface area (Å²) in [6.45, 7) is 6.57. The van der Waals surface area contributed by atoms with Crippen LogP contribution in [0.3, 0.4) is 0 Å². The zero-order valence-corrected chi connectivity index (χ0v) is 34.4. The Morgan fingerprint density at radius 1 is 0.314 bits per heavy atom. The lowest BCUT2D eigenvalue weighted by Crippen LogP contribution is -2.30. The monoisotopic (exact) mass is 723 g/mol. The topological polar surface area (TPSA) is 78.9 Å². The van der Waals surface area contributed by atoms with Crippen LogP contribution in [0.5, 0.6) is 0 Å². The van der Waals surface area contributed by atoms with Crippen LogP contribution in [-0.2, 0) is 28.6 Å². The summed E-state index contributed by atoms with van der Waals surface area (Å²) in [4.78, 5) is 37.4. The van der Waals surface area contributed by atoms with Gasteiger partial charge in [-0.05, 0) is 19.3 Å². The molecule has 0 aromatic heterocycles. The molecular formula is C45H86O6. The van der Waals surface area contributed by atoms with Gasteiger partial charge in [0.15, 0.2) is 6.10 Å². The number of ether oxygens (including phenoxy) is 3. The van der Waals surface area contributed by atoms with Gasteiger partial charge in [0.2, 0.25) is 0 Å². The van der Waals surface area contributed by atoms with Gasteiger partial charge in [-0.25, -0.2) is 0 Å². The third-order valence-electron chi connectivity index (χ3n) is 10.1. The molecular weight excluding hydrogens is 636 g/mol. The SMILES string of the molecule is CCCCCCCCCCCCCCCCCCCC(=O)OC[C@H](COC(=O)CCCCCCCCCCCCC)OC(=O)CCCCCCC. The van der Waals surface area contributed by atoms with Gasteiger partial charge >= 0.3 is 17.9 Å². The smallest absolute Gasteiger partial charge is 0.306 e. The van der Waals surface area contributed by atoms with Crippen molar-refractivity contribution in [2.24, 2.45) is 0 Å². The quantitative estimate of drug-likeness (QED) is 0.0355. The number of hydrogen-bond donors (Lipinski definition) is 0. The molecule has 6 heteroatoms. The second-order valence-electron chi connectivity index (χ2n) is 15.3. The molecule has 0 unspecified atom stereocenters. The van der Waals surface area contributed by atoms with E-state index in [-0.39, 0.29) is 31.1 Å². The van der Waals surface area contributed by atoms with E-state index in [2.05, 4.69) is 20.8 Å². The van der Waals surface area contributed by atoms with E-state index in [1.807, 2.05) is 0 Å². The first-order chi connectivity index (χ1) is 25.0. The summed E-state index contributed by atoms with van der Waals surface area (Å²) < 4.78 is 16.6. The Labute approximate surface area is 317 Å². The summed E-state index contributed by atoms with van der Waals surface area (Å²) in [7, 11) is 0. The lowest BCUT2D eigenvalue weighted by atomic mass is 10.0. The molecule has 1 atom stereocenters. The van der Waals surface area contributed by atoms with Gasteiger partial charge in [0.05, 0.1) is 0 Å². The minimum atomic E-state index is -0.756. The average Bonchev–Trinajstić information content (AvgIpc) is 3.12. The summed E-state index contributed by atoms with van der Waals surface area (Å²) in [5, 5.41) is 0. The van der Waals surface area contributed by atoms with Crippen LogP contribution >= 0.6 is 0 Å². The Hall–Kier alpha value is -1.59. The van der Waals surface area contributed by atoms with Gasteiger partial charge in [0.25, 0.3) is 0 Å². The molecule has 0 aromatic rings. The molecule has 0 aromatic carbocycles. The summed E-state index contributed by atoms with van der Waals surface area (Å²) in [6, 6.07) is 0. The predicted molar refractivity (Wildman–Crippen MR) is 215 cm³/mol. The zero-order chi connectivity index (χ0) is 37.3. The summed E-state index contributed by atoms with van der Waals surface area (Å²) in [5.41, 5.74) is 0. The molecule has 0 heterocycles. The van der Waals surface area contributed by atoms with Gasteiger partial charge < -0.3 is 14.2 Å². The van der Waals surface area contributed by atoms with Crippen molar-refractivity contribution in [2.75, 3.05) is 13.2 Å². The van der Waals surface area contributed by atoms with Crippen LogP contribution in [0, 0.1) is 0 Å². The Bertz CT molecular complexity index is 753. The van der Waals surface area contributed by atoms with E-state index in [0.29, 0.717) is 19.3 Å². The first kappa shape index (κ1) is 49.4. The van der Waals surface area contributed by atoms with E-state index in [9.17, 15) is 14.4 Å². The van der Waals surface area contributed by atoms with Crippen molar-refractivity contribution < 1.29 is 28.6 Å². The van der Waals surface area contributed by atoms with E-state index in [1.54, 1.807) is 0 Å². The zero-order valence-electron chi connectivity index (χ0n) is 34.4.